The van der Waals surface area contributed by atoms with Gasteiger partial charge in [0.2, 0.25) is 0 Å². The topological polar surface area (TPSA) is 109 Å². The molecule has 0 bridgehead atoms. The summed E-state index contributed by atoms with van der Waals surface area (Å²) in [5, 5.41) is 12.6. The number of nitrogens with one attached hydrogen (secondary N) is 1. The number of hydrogen-bond acceptors (Lipinski definition) is 8. The molecule has 3 aromatic heterocycles. The molecular weight excluding hydrogens is 477 g/mol. The molecule has 1 aliphatic rings. The number of aryl methyl sites for hydroxylation is 1. The molecule has 11 heteroatoms. The molecule has 5 rings (SSSR count). The van der Waals surface area contributed by atoms with Gasteiger partial charge in [0.05, 0.1) is 25.1 Å². The van der Waals surface area contributed by atoms with Crippen LogP contribution < -0.4 is 10.1 Å². The maximum atomic E-state index is 13.5. The van der Waals surface area contributed by atoms with Crippen LogP contribution in [0, 0.1) is 25.6 Å². The summed E-state index contributed by atoms with van der Waals surface area (Å²) in [6.45, 7) is 6.32. The first-order chi connectivity index (χ1) is 17.9. The zero-order valence-corrected chi connectivity index (χ0v) is 21.2. The highest BCUT2D eigenvalue weighted by molar-refractivity contribution is 5.92. The Balaban J connectivity index is 1.52. The van der Waals surface area contributed by atoms with Crippen LogP contribution in [-0.4, -0.2) is 49.2 Å². The second-order valence-electron chi connectivity index (χ2n) is 8.93. The Morgan fingerprint density at radius 1 is 1.16 bits per heavy atom. The Kier molecular flexibility index (Phi) is 6.60. The number of halogens is 1. The molecule has 0 spiro atoms. The Bertz CT molecular complexity index is 1440. The number of aromatic nitrogens is 6. The molecule has 1 aliphatic carbocycles. The van der Waals surface area contributed by atoms with Crippen molar-refractivity contribution in [3.8, 4) is 22.8 Å². The van der Waals surface area contributed by atoms with Gasteiger partial charge in [-0.3, -0.25) is 0 Å². The number of benzene rings is 1. The van der Waals surface area contributed by atoms with Crippen LogP contribution in [-0.2, 0) is 11.3 Å². The lowest BCUT2D eigenvalue weighted by molar-refractivity contribution is 0.0524. The molecule has 1 saturated carbocycles. The molecule has 3 heterocycles. The SMILES string of the molecule is CCOC(=O)c1c(C)nn(-c2cc(Nc3c(OC)c(-c4ccc(F)cc4)nn3CC3CC3)ncn2)c1C. The lowest BCUT2D eigenvalue weighted by Crippen LogP contribution is -2.10. The summed E-state index contributed by atoms with van der Waals surface area (Å²) in [6, 6.07) is 7.89. The summed E-state index contributed by atoms with van der Waals surface area (Å²) in [7, 11) is 1.58. The van der Waals surface area contributed by atoms with Gasteiger partial charge in [-0.1, -0.05) is 0 Å². The number of ether oxygens (including phenoxy) is 2. The standard InChI is InChI=1S/C26H28FN7O3/c1-5-37-26(35)22-15(2)31-34(16(22)3)21-12-20(28-14-29-21)30-25-24(36-4)23(18-8-10-19(27)11-9-18)32-33(25)13-17-6-7-17/h8-12,14,17H,5-7,13H2,1-4H3,(H,28,29,30). The van der Waals surface area contributed by atoms with E-state index in [9.17, 15) is 9.18 Å². The largest absolute Gasteiger partial charge is 0.491 e. The van der Waals surface area contributed by atoms with E-state index in [2.05, 4.69) is 20.4 Å². The number of carbonyl (C=O) groups excluding carboxylic acids is 1. The van der Waals surface area contributed by atoms with E-state index in [0.29, 0.717) is 51.8 Å². The van der Waals surface area contributed by atoms with Gasteiger partial charge in [0.25, 0.3) is 0 Å². The van der Waals surface area contributed by atoms with Crippen LogP contribution in [0.5, 0.6) is 5.75 Å². The first-order valence-corrected chi connectivity index (χ1v) is 12.1. The van der Waals surface area contributed by atoms with Gasteiger partial charge in [0.1, 0.15) is 29.2 Å². The first kappa shape index (κ1) is 24.4. The summed E-state index contributed by atoms with van der Waals surface area (Å²) in [6.07, 6.45) is 3.71. The Morgan fingerprint density at radius 2 is 1.92 bits per heavy atom. The van der Waals surface area contributed by atoms with Gasteiger partial charge < -0.3 is 14.8 Å². The minimum Gasteiger partial charge on any atom is -0.491 e. The summed E-state index contributed by atoms with van der Waals surface area (Å²) in [5.41, 5.74) is 2.95. The molecule has 1 N–H and O–H groups in total. The fourth-order valence-electron chi connectivity index (χ4n) is 4.25. The van der Waals surface area contributed by atoms with Gasteiger partial charge in [-0.15, -0.1) is 0 Å². The molecule has 192 valence electrons. The number of esters is 1. The van der Waals surface area contributed by atoms with E-state index >= 15 is 0 Å². The van der Waals surface area contributed by atoms with Gasteiger partial charge in [0, 0.05) is 18.2 Å². The molecule has 0 aliphatic heterocycles. The number of hydrogen-bond donors (Lipinski definition) is 1. The van der Waals surface area contributed by atoms with Crippen LogP contribution in [0.15, 0.2) is 36.7 Å². The zero-order chi connectivity index (χ0) is 26.1. The predicted octanol–water partition coefficient (Wildman–Crippen LogP) is 4.62. The van der Waals surface area contributed by atoms with E-state index in [-0.39, 0.29) is 12.4 Å². The normalized spacial score (nSPS) is 13.0. The average Bonchev–Trinajstić information content (AvgIpc) is 3.57. The van der Waals surface area contributed by atoms with Crippen LogP contribution in [0.4, 0.5) is 16.0 Å². The number of rotatable bonds is 9. The van der Waals surface area contributed by atoms with Crippen molar-refractivity contribution in [1.82, 2.24) is 29.5 Å². The second-order valence-corrected chi connectivity index (χ2v) is 8.93. The van der Waals surface area contributed by atoms with Crippen molar-refractivity contribution in [1.29, 1.82) is 0 Å². The summed E-state index contributed by atoms with van der Waals surface area (Å²) in [4.78, 5) is 21.2. The van der Waals surface area contributed by atoms with Gasteiger partial charge in [-0.05, 0) is 63.8 Å². The number of anilines is 2. The fourth-order valence-corrected chi connectivity index (χ4v) is 4.25. The van der Waals surface area contributed by atoms with Crippen molar-refractivity contribution >= 4 is 17.6 Å². The van der Waals surface area contributed by atoms with E-state index in [1.54, 1.807) is 50.8 Å². The summed E-state index contributed by atoms with van der Waals surface area (Å²) >= 11 is 0. The molecular formula is C26H28FN7O3. The number of carbonyl (C=O) groups is 1. The summed E-state index contributed by atoms with van der Waals surface area (Å²) < 4.78 is 28.0. The van der Waals surface area contributed by atoms with E-state index in [4.69, 9.17) is 14.6 Å². The monoisotopic (exact) mass is 505 g/mol. The molecule has 37 heavy (non-hydrogen) atoms. The van der Waals surface area contributed by atoms with Crippen LogP contribution >= 0.6 is 0 Å². The Morgan fingerprint density at radius 3 is 2.59 bits per heavy atom. The van der Waals surface area contributed by atoms with Crippen molar-refractivity contribution < 1.29 is 18.7 Å². The maximum absolute atomic E-state index is 13.5. The Hall–Kier alpha value is -4.28. The van der Waals surface area contributed by atoms with Gasteiger partial charge in [-0.25, -0.2) is 28.5 Å². The minimum atomic E-state index is -0.418. The number of methoxy groups -OCH3 is 1. The molecule has 10 nitrogen and oxygen atoms in total. The third-order valence-electron chi connectivity index (χ3n) is 6.25. The quantitative estimate of drug-likeness (QED) is 0.328. The van der Waals surface area contributed by atoms with Gasteiger partial charge in [-0.2, -0.15) is 10.2 Å². The highest BCUT2D eigenvalue weighted by Crippen LogP contribution is 2.40. The smallest absolute Gasteiger partial charge is 0.341 e. The van der Waals surface area contributed by atoms with Gasteiger partial charge in [0.15, 0.2) is 17.4 Å². The fraction of sp³-hybridized carbons (Fsp3) is 0.346. The molecule has 0 atom stereocenters. The lowest BCUT2D eigenvalue weighted by atomic mass is 10.1. The van der Waals surface area contributed by atoms with Crippen LogP contribution in [0.3, 0.4) is 0 Å². The molecule has 4 aromatic rings. The zero-order valence-electron chi connectivity index (χ0n) is 21.2. The average molecular weight is 506 g/mol. The van der Waals surface area contributed by atoms with Gasteiger partial charge >= 0.3 is 5.97 Å². The molecule has 0 unspecified atom stereocenters. The molecule has 0 saturated heterocycles. The molecule has 0 amide bonds. The second kappa shape index (κ2) is 10.00. The van der Waals surface area contributed by atoms with E-state index < -0.39 is 5.97 Å². The van der Waals surface area contributed by atoms with Crippen LogP contribution in [0.25, 0.3) is 17.1 Å². The highest BCUT2D eigenvalue weighted by atomic mass is 19.1. The molecule has 1 aromatic carbocycles. The van der Waals surface area contributed by atoms with Crippen molar-refractivity contribution in [3.63, 3.8) is 0 Å². The first-order valence-electron chi connectivity index (χ1n) is 12.1. The van der Waals surface area contributed by atoms with Crippen molar-refractivity contribution in [2.75, 3.05) is 19.0 Å². The molecule has 0 radical (unpaired) electrons. The van der Waals surface area contributed by atoms with Crippen molar-refractivity contribution in [2.24, 2.45) is 5.92 Å². The molecule has 1 fully saturated rings. The highest BCUT2D eigenvalue weighted by Gasteiger charge is 2.28. The van der Waals surface area contributed by atoms with Crippen molar-refractivity contribution in [2.45, 2.75) is 40.2 Å². The predicted molar refractivity (Wildman–Crippen MR) is 135 cm³/mol. The van der Waals surface area contributed by atoms with E-state index in [0.717, 1.165) is 24.9 Å². The van der Waals surface area contributed by atoms with E-state index in [1.165, 1.54) is 18.5 Å². The van der Waals surface area contributed by atoms with Crippen LogP contribution in [0.1, 0.15) is 41.5 Å². The maximum Gasteiger partial charge on any atom is 0.341 e. The number of nitrogens with zero attached hydrogens (tertiary/aromatic N) is 6. The van der Waals surface area contributed by atoms with Crippen molar-refractivity contribution in [3.05, 3.63) is 59.4 Å². The third-order valence-corrected chi connectivity index (χ3v) is 6.25. The summed E-state index contributed by atoms with van der Waals surface area (Å²) in [5.74, 6) is 1.96. The Labute approximate surface area is 213 Å². The van der Waals surface area contributed by atoms with E-state index in [1.807, 2.05) is 4.68 Å². The minimum absolute atomic E-state index is 0.279. The van der Waals surface area contributed by atoms with Crippen LogP contribution in [0.2, 0.25) is 0 Å². The lowest BCUT2D eigenvalue weighted by Gasteiger charge is -2.12. The third kappa shape index (κ3) is 4.89.